The van der Waals surface area contributed by atoms with E-state index in [0.29, 0.717) is 6.42 Å². The number of aliphatic hydroxyl groups is 1. The molecule has 6 heteroatoms. The molecule has 0 aliphatic rings. The molecule has 0 aliphatic heterocycles. The lowest BCUT2D eigenvalue weighted by Gasteiger charge is -2.12. The Kier molecular flexibility index (Phi) is 4.25. The van der Waals surface area contributed by atoms with E-state index in [1.54, 1.807) is 6.92 Å². The minimum atomic E-state index is -0.417. The first-order valence-corrected chi connectivity index (χ1v) is 6.05. The minimum Gasteiger partial charge on any atom is -0.396 e. The Morgan fingerprint density at radius 2 is 2.16 bits per heavy atom. The number of hydrogen-bond donors (Lipinski definition) is 2. The van der Waals surface area contributed by atoms with Gasteiger partial charge in [0.25, 0.3) is 0 Å². The van der Waals surface area contributed by atoms with Crippen LogP contribution in [0, 0.1) is 0 Å². The van der Waals surface area contributed by atoms with Crippen LogP contribution in [0.15, 0.2) is 36.9 Å². The summed E-state index contributed by atoms with van der Waals surface area (Å²) in [6, 6.07) is 6.98. The highest BCUT2D eigenvalue weighted by atomic mass is 16.3. The molecule has 0 fully saturated rings. The van der Waals surface area contributed by atoms with Crippen molar-refractivity contribution in [2.45, 2.75) is 19.4 Å². The van der Waals surface area contributed by atoms with E-state index in [0.717, 1.165) is 11.3 Å². The number of rotatable bonds is 5. The Morgan fingerprint density at radius 1 is 1.42 bits per heavy atom. The second-order valence-electron chi connectivity index (χ2n) is 4.21. The van der Waals surface area contributed by atoms with Crippen LogP contribution in [0.25, 0.3) is 0 Å². The lowest BCUT2D eigenvalue weighted by Crippen LogP contribution is -2.24. The van der Waals surface area contributed by atoms with Gasteiger partial charge in [0.05, 0.1) is 0 Å². The molecule has 1 aromatic carbocycles. The normalized spacial score (nSPS) is 12.1. The molecule has 0 saturated heterocycles. The summed E-state index contributed by atoms with van der Waals surface area (Å²) in [6.45, 7) is 1.87. The van der Waals surface area contributed by atoms with Gasteiger partial charge >= 0.3 is 0 Å². The Balaban J connectivity index is 1.98. The molecular weight excluding hydrogens is 244 g/mol. The third-order valence-corrected chi connectivity index (χ3v) is 2.83. The highest BCUT2D eigenvalue weighted by Gasteiger charge is 2.15. The second kappa shape index (κ2) is 6.10. The van der Waals surface area contributed by atoms with Crippen molar-refractivity contribution in [2.75, 3.05) is 11.9 Å². The maximum Gasteiger partial charge on any atom is 0.249 e. The fraction of sp³-hybridized carbons (Fsp3) is 0.308. The zero-order valence-electron chi connectivity index (χ0n) is 10.7. The monoisotopic (exact) mass is 260 g/mol. The van der Waals surface area contributed by atoms with Crippen LogP contribution in [-0.2, 0) is 11.2 Å². The highest BCUT2D eigenvalue weighted by Crippen LogP contribution is 2.12. The van der Waals surface area contributed by atoms with Gasteiger partial charge in [-0.15, -0.1) is 0 Å². The quantitative estimate of drug-likeness (QED) is 0.841. The molecule has 6 nitrogen and oxygen atoms in total. The number of nitrogens with zero attached hydrogens (tertiary/aromatic N) is 3. The Bertz CT molecular complexity index is 522. The van der Waals surface area contributed by atoms with Crippen molar-refractivity contribution in [3.63, 3.8) is 0 Å². The van der Waals surface area contributed by atoms with Crippen LogP contribution in [0.2, 0.25) is 0 Å². The lowest BCUT2D eigenvalue weighted by atomic mass is 10.1. The largest absolute Gasteiger partial charge is 0.396 e. The molecule has 0 bridgehead atoms. The van der Waals surface area contributed by atoms with Crippen LogP contribution in [0.3, 0.4) is 0 Å². The van der Waals surface area contributed by atoms with E-state index < -0.39 is 6.04 Å². The average molecular weight is 260 g/mol. The molecule has 1 aromatic heterocycles. The Morgan fingerprint density at radius 3 is 2.74 bits per heavy atom. The SMILES string of the molecule is CC(C(=O)Nc1ccc(CCO)cc1)n1cncn1. The first-order valence-electron chi connectivity index (χ1n) is 6.05. The molecule has 19 heavy (non-hydrogen) atoms. The number of aliphatic hydroxyl groups excluding tert-OH is 1. The number of aromatic nitrogens is 3. The first kappa shape index (κ1) is 13.2. The second-order valence-corrected chi connectivity index (χ2v) is 4.21. The van der Waals surface area contributed by atoms with Gasteiger partial charge in [-0.25, -0.2) is 9.67 Å². The molecule has 0 saturated carbocycles. The zero-order chi connectivity index (χ0) is 13.7. The molecule has 1 heterocycles. The van der Waals surface area contributed by atoms with Gasteiger partial charge in [0.1, 0.15) is 18.7 Å². The van der Waals surface area contributed by atoms with Crippen molar-refractivity contribution in [1.29, 1.82) is 0 Å². The Labute approximate surface area is 111 Å². The summed E-state index contributed by atoms with van der Waals surface area (Å²) in [5, 5.41) is 15.6. The molecule has 0 spiro atoms. The van der Waals surface area contributed by atoms with Crippen molar-refractivity contribution in [3.05, 3.63) is 42.5 Å². The summed E-state index contributed by atoms with van der Waals surface area (Å²) in [5.41, 5.74) is 1.75. The Hall–Kier alpha value is -2.21. The number of anilines is 1. The number of carbonyl (C=O) groups is 1. The van der Waals surface area contributed by atoms with Crippen molar-refractivity contribution in [1.82, 2.24) is 14.8 Å². The fourth-order valence-corrected chi connectivity index (χ4v) is 1.67. The van der Waals surface area contributed by atoms with Crippen molar-refractivity contribution in [2.24, 2.45) is 0 Å². The van der Waals surface area contributed by atoms with Gasteiger partial charge in [0, 0.05) is 12.3 Å². The van der Waals surface area contributed by atoms with Crippen molar-refractivity contribution < 1.29 is 9.90 Å². The van der Waals surface area contributed by atoms with Crippen molar-refractivity contribution in [3.8, 4) is 0 Å². The number of amides is 1. The summed E-state index contributed by atoms with van der Waals surface area (Å²) in [6.07, 6.45) is 3.52. The maximum absolute atomic E-state index is 12.0. The van der Waals surface area contributed by atoms with Gasteiger partial charge < -0.3 is 10.4 Å². The third-order valence-electron chi connectivity index (χ3n) is 2.83. The van der Waals surface area contributed by atoms with Gasteiger partial charge in [-0.2, -0.15) is 5.10 Å². The first-order chi connectivity index (χ1) is 9.20. The van der Waals surface area contributed by atoms with Gasteiger partial charge in [-0.3, -0.25) is 4.79 Å². The predicted molar refractivity (Wildman–Crippen MR) is 70.6 cm³/mol. The van der Waals surface area contributed by atoms with E-state index in [4.69, 9.17) is 5.11 Å². The molecular formula is C13H16N4O2. The summed E-state index contributed by atoms with van der Waals surface area (Å²) < 4.78 is 1.50. The van der Waals surface area contributed by atoms with Crippen LogP contribution in [0.5, 0.6) is 0 Å². The van der Waals surface area contributed by atoms with E-state index in [9.17, 15) is 4.79 Å². The van der Waals surface area contributed by atoms with E-state index in [-0.39, 0.29) is 12.5 Å². The van der Waals surface area contributed by atoms with Crippen LogP contribution < -0.4 is 5.32 Å². The molecule has 2 aromatic rings. The molecule has 0 aliphatic carbocycles. The van der Waals surface area contributed by atoms with Crippen LogP contribution in [0.1, 0.15) is 18.5 Å². The van der Waals surface area contributed by atoms with Crippen LogP contribution in [-0.4, -0.2) is 32.4 Å². The molecule has 0 radical (unpaired) electrons. The summed E-state index contributed by atoms with van der Waals surface area (Å²) in [5.74, 6) is -0.152. The van der Waals surface area contributed by atoms with Gasteiger partial charge in [0.15, 0.2) is 0 Å². The smallest absolute Gasteiger partial charge is 0.249 e. The fourth-order valence-electron chi connectivity index (χ4n) is 1.67. The van der Waals surface area contributed by atoms with E-state index >= 15 is 0 Å². The van der Waals surface area contributed by atoms with Gasteiger partial charge in [-0.1, -0.05) is 12.1 Å². The number of benzene rings is 1. The van der Waals surface area contributed by atoms with Crippen LogP contribution >= 0.6 is 0 Å². The molecule has 1 unspecified atom stereocenters. The van der Waals surface area contributed by atoms with Crippen molar-refractivity contribution >= 4 is 11.6 Å². The third kappa shape index (κ3) is 3.38. The summed E-state index contributed by atoms with van der Waals surface area (Å²) >= 11 is 0. The minimum absolute atomic E-state index is 0.120. The van der Waals surface area contributed by atoms with Gasteiger partial charge in [0.2, 0.25) is 5.91 Å². The number of carbonyl (C=O) groups excluding carboxylic acids is 1. The number of nitrogens with one attached hydrogen (secondary N) is 1. The van der Waals surface area contributed by atoms with Crippen LogP contribution in [0.4, 0.5) is 5.69 Å². The zero-order valence-corrected chi connectivity index (χ0v) is 10.7. The maximum atomic E-state index is 12.0. The summed E-state index contributed by atoms with van der Waals surface area (Å²) in [7, 11) is 0. The standard InChI is InChI=1S/C13H16N4O2/c1-10(17-9-14-8-15-17)13(19)16-12-4-2-11(3-5-12)6-7-18/h2-5,8-10,18H,6-7H2,1H3,(H,16,19). The molecule has 2 N–H and O–H groups in total. The van der Waals surface area contributed by atoms with Gasteiger partial charge in [-0.05, 0) is 31.0 Å². The van der Waals surface area contributed by atoms with E-state index in [1.165, 1.54) is 17.3 Å². The van der Waals surface area contributed by atoms with E-state index in [2.05, 4.69) is 15.4 Å². The highest BCUT2D eigenvalue weighted by molar-refractivity contribution is 5.93. The molecule has 1 atom stereocenters. The van der Waals surface area contributed by atoms with E-state index in [1.807, 2.05) is 24.3 Å². The summed E-state index contributed by atoms with van der Waals surface area (Å²) in [4.78, 5) is 15.8. The molecule has 2 rings (SSSR count). The number of hydrogen-bond acceptors (Lipinski definition) is 4. The topological polar surface area (TPSA) is 80.0 Å². The molecule has 100 valence electrons. The predicted octanol–water partition coefficient (Wildman–Crippen LogP) is 1.01. The lowest BCUT2D eigenvalue weighted by molar-refractivity contribution is -0.119. The average Bonchev–Trinajstić information content (AvgIpc) is 2.94. The molecule has 1 amide bonds.